The van der Waals surface area contributed by atoms with E-state index in [0.29, 0.717) is 12.2 Å². The largest absolute Gasteiger partial charge is 0.358 e. The topological polar surface area (TPSA) is 65.2 Å². The molecule has 0 saturated heterocycles. The van der Waals surface area contributed by atoms with Crippen molar-refractivity contribution in [1.82, 2.24) is 15.2 Å². The molecule has 0 saturated carbocycles. The Balaban J connectivity index is 2.23. The van der Waals surface area contributed by atoms with Crippen LogP contribution in [0.4, 0.5) is 0 Å². The van der Waals surface area contributed by atoms with Crippen LogP contribution in [0, 0.1) is 0 Å². The summed E-state index contributed by atoms with van der Waals surface area (Å²) in [6.07, 6.45) is 0.808. The van der Waals surface area contributed by atoms with Gasteiger partial charge in [0.25, 0.3) is 5.91 Å². The minimum atomic E-state index is -0.164. The van der Waals surface area contributed by atoms with Gasteiger partial charge in [0.05, 0.1) is 6.54 Å². The van der Waals surface area contributed by atoms with Gasteiger partial charge in [-0.3, -0.25) is 9.59 Å². The van der Waals surface area contributed by atoms with Gasteiger partial charge in [-0.1, -0.05) is 25.1 Å². The number of nitrogens with one attached hydrogen (secondary N) is 2. The maximum atomic E-state index is 12.5. The Morgan fingerprint density at radius 3 is 2.70 bits per heavy atom. The van der Waals surface area contributed by atoms with E-state index in [1.165, 1.54) is 0 Å². The van der Waals surface area contributed by atoms with Crippen LogP contribution < -0.4 is 5.32 Å². The Hall–Kier alpha value is -2.30. The van der Waals surface area contributed by atoms with Crippen LogP contribution in [0.25, 0.3) is 10.9 Å². The fourth-order valence-electron chi connectivity index (χ4n) is 2.13. The van der Waals surface area contributed by atoms with Gasteiger partial charge in [-0.2, -0.15) is 0 Å². The summed E-state index contributed by atoms with van der Waals surface area (Å²) in [5, 5.41) is 3.54. The zero-order valence-electron chi connectivity index (χ0n) is 11.8. The molecule has 0 aliphatic carbocycles. The van der Waals surface area contributed by atoms with E-state index in [4.69, 9.17) is 0 Å². The summed E-state index contributed by atoms with van der Waals surface area (Å²) in [5.41, 5.74) is 1.44. The number of hydrogen-bond acceptors (Lipinski definition) is 2. The second kappa shape index (κ2) is 6.23. The van der Waals surface area contributed by atoms with Crippen LogP contribution >= 0.6 is 0 Å². The number of benzene rings is 1. The molecule has 0 bridgehead atoms. The lowest BCUT2D eigenvalue weighted by Gasteiger charge is -2.20. The number of para-hydroxylation sites is 1. The van der Waals surface area contributed by atoms with Crippen molar-refractivity contribution in [3.8, 4) is 0 Å². The highest BCUT2D eigenvalue weighted by atomic mass is 16.2. The van der Waals surface area contributed by atoms with Crippen molar-refractivity contribution in [3.05, 3.63) is 36.0 Å². The van der Waals surface area contributed by atoms with Gasteiger partial charge in [-0.05, 0) is 18.6 Å². The lowest BCUT2D eigenvalue weighted by molar-refractivity contribution is -0.121. The third-order valence-electron chi connectivity index (χ3n) is 3.15. The van der Waals surface area contributed by atoms with Crippen LogP contribution in [0.2, 0.25) is 0 Å². The number of rotatable bonds is 5. The van der Waals surface area contributed by atoms with Gasteiger partial charge >= 0.3 is 0 Å². The third-order valence-corrected chi connectivity index (χ3v) is 3.15. The molecule has 0 unspecified atom stereocenters. The molecule has 1 aromatic heterocycles. The third kappa shape index (κ3) is 2.99. The Morgan fingerprint density at radius 1 is 1.30 bits per heavy atom. The number of fused-ring (bicyclic) bond motifs is 1. The van der Waals surface area contributed by atoms with Gasteiger partial charge < -0.3 is 15.2 Å². The fraction of sp³-hybridized carbons (Fsp3) is 0.333. The second-order valence-electron chi connectivity index (χ2n) is 4.67. The molecule has 0 aliphatic rings. The molecule has 2 rings (SSSR count). The number of likely N-dealkylation sites (N-methyl/N-ethyl adjacent to an activating group) is 1. The molecular weight excluding hydrogens is 254 g/mol. The zero-order chi connectivity index (χ0) is 14.5. The van der Waals surface area contributed by atoms with E-state index in [1.807, 2.05) is 37.3 Å². The van der Waals surface area contributed by atoms with Crippen molar-refractivity contribution < 1.29 is 9.59 Å². The molecule has 0 atom stereocenters. The molecular formula is C15H19N3O2. The van der Waals surface area contributed by atoms with Crippen LogP contribution in [0.1, 0.15) is 23.8 Å². The van der Waals surface area contributed by atoms with Gasteiger partial charge in [-0.25, -0.2) is 0 Å². The summed E-state index contributed by atoms with van der Waals surface area (Å²) in [6.45, 7) is 2.62. The molecule has 20 heavy (non-hydrogen) atoms. The summed E-state index contributed by atoms with van der Waals surface area (Å²) < 4.78 is 0. The number of H-pyrrole nitrogens is 1. The number of carbonyl (C=O) groups excluding carboxylic acids is 2. The molecule has 5 nitrogen and oxygen atoms in total. The molecule has 1 heterocycles. The number of aromatic amines is 1. The summed E-state index contributed by atoms with van der Waals surface area (Å²) in [5.74, 6) is -0.311. The lowest BCUT2D eigenvalue weighted by Crippen LogP contribution is -2.40. The molecule has 0 spiro atoms. The smallest absolute Gasteiger partial charge is 0.270 e. The molecule has 5 heteroatoms. The van der Waals surface area contributed by atoms with E-state index in [1.54, 1.807) is 11.9 Å². The zero-order valence-corrected chi connectivity index (χ0v) is 11.8. The predicted molar refractivity (Wildman–Crippen MR) is 78.6 cm³/mol. The Bertz CT molecular complexity index is 585. The first-order chi connectivity index (χ1) is 9.65. The molecule has 0 aliphatic heterocycles. The minimum absolute atomic E-state index is 0.0819. The summed E-state index contributed by atoms with van der Waals surface area (Å²) >= 11 is 0. The maximum Gasteiger partial charge on any atom is 0.270 e. The minimum Gasteiger partial charge on any atom is -0.358 e. The molecule has 2 amide bonds. The van der Waals surface area contributed by atoms with Crippen LogP contribution in [0.5, 0.6) is 0 Å². The first-order valence-corrected chi connectivity index (χ1v) is 6.73. The van der Waals surface area contributed by atoms with Crippen molar-refractivity contribution in [2.75, 3.05) is 20.1 Å². The van der Waals surface area contributed by atoms with E-state index < -0.39 is 0 Å². The number of amides is 2. The Morgan fingerprint density at radius 2 is 2.05 bits per heavy atom. The van der Waals surface area contributed by atoms with Crippen LogP contribution in [-0.2, 0) is 4.79 Å². The van der Waals surface area contributed by atoms with Crippen molar-refractivity contribution in [3.63, 3.8) is 0 Å². The van der Waals surface area contributed by atoms with Gasteiger partial charge in [0.15, 0.2) is 0 Å². The highest BCUT2D eigenvalue weighted by Gasteiger charge is 2.19. The summed E-state index contributed by atoms with van der Waals surface area (Å²) in [7, 11) is 1.57. The van der Waals surface area contributed by atoms with Crippen LogP contribution in [0.15, 0.2) is 30.3 Å². The van der Waals surface area contributed by atoms with E-state index in [0.717, 1.165) is 17.3 Å². The molecule has 2 N–H and O–H groups in total. The SMILES string of the molecule is CCCN(CC(=O)NC)C(=O)c1cc2ccccc2[nH]1. The Kier molecular flexibility index (Phi) is 4.40. The molecule has 106 valence electrons. The summed E-state index contributed by atoms with van der Waals surface area (Å²) in [6, 6.07) is 9.55. The van der Waals surface area contributed by atoms with Crippen molar-refractivity contribution in [2.24, 2.45) is 0 Å². The van der Waals surface area contributed by atoms with Crippen molar-refractivity contribution in [1.29, 1.82) is 0 Å². The van der Waals surface area contributed by atoms with Gasteiger partial charge in [0.1, 0.15) is 5.69 Å². The number of nitrogens with zero attached hydrogens (tertiary/aromatic N) is 1. The highest BCUT2D eigenvalue weighted by molar-refractivity contribution is 5.99. The average Bonchev–Trinajstić information content (AvgIpc) is 2.89. The fourth-order valence-corrected chi connectivity index (χ4v) is 2.13. The highest BCUT2D eigenvalue weighted by Crippen LogP contribution is 2.16. The molecule has 0 radical (unpaired) electrons. The maximum absolute atomic E-state index is 12.5. The predicted octanol–water partition coefficient (Wildman–Crippen LogP) is 1.77. The van der Waals surface area contributed by atoms with Gasteiger partial charge in [0.2, 0.25) is 5.91 Å². The Labute approximate surface area is 118 Å². The van der Waals surface area contributed by atoms with E-state index >= 15 is 0 Å². The average molecular weight is 273 g/mol. The van der Waals surface area contributed by atoms with E-state index in [2.05, 4.69) is 10.3 Å². The number of aromatic nitrogens is 1. The monoisotopic (exact) mass is 273 g/mol. The van der Waals surface area contributed by atoms with Crippen LogP contribution in [0.3, 0.4) is 0 Å². The van der Waals surface area contributed by atoms with E-state index in [-0.39, 0.29) is 18.4 Å². The summed E-state index contributed by atoms with van der Waals surface area (Å²) in [4.78, 5) is 28.6. The lowest BCUT2D eigenvalue weighted by atomic mass is 10.2. The van der Waals surface area contributed by atoms with Crippen molar-refractivity contribution >= 4 is 22.7 Å². The second-order valence-corrected chi connectivity index (χ2v) is 4.67. The van der Waals surface area contributed by atoms with Crippen LogP contribution in [-0.4, -0.2) is 41.8 Å². The molecule has 1 aromatic carbocycles. The quantitative estimate of drug-likeness (QED) is 0.872. The first-order valence-electron chi connectivity index (χ1n) is 6.73. The first kappa shape index (κ1) is 14.1. The van der Waals surface area contributed by atoms with Crippen molar-refractivity contribution in [2.45, 2.75) is 13.3 Å². The molecule has 0 fully saturated rings. The number of hydrogen-bond donors (Lipinski definition) is 2. The standard InChI is InChI=1S/C15H19N3O2/c1-3-8-18(10-14(19)16-2)15(20)13-9-11-6-4-5-7-12(11)17-13/h4-7,9,17H,3,8,10H2,1-2H3,(H,16,19). The van der Waals surface area contributed by atoms with Gasteiger partial charge in [0, 0.05) is 24.5 Å². The van der Waals surface area contributed by atoms with Gasteiger partial charge in [-0.15, -0.1) is 0 Å². The molecule has 2 aromatic rings. The normalized spacial score (nSPS) is 10.5. The van der Waals surface area contributed by atoms with E-state index in [9.17, 15) is 9.59 Å². The number of carbonyl (C=O) groups is 2.